The van der Waals surface area contributed by atoms with Gasteiger partial charge in [-0.1, -0.05) is 0 Å². The third kappa shape index (κ3) is 6.09. The van der Waals surface area contributed by atoms with Crippen molar-refractivity contribution >= 4 is 28.2 Å². The number of anilines is 1. The summed E-state index contributed by atoms with van der Waals surface area (Å²) >= 11 is 1.82. The van der Waals surface area contributed by atoms with Crippen LogP contribution < -0.4 is 15.5 Å². The predicted octanol–water partition coefficient (Wildman–Crippen LogP) is 1.82. The topological polar surface area (TPSA) is 63.2 Å². The van der Waals surface area contributed by atoms with Gasteiger partial charge in [0.2, 0.25) is 5.91 Å². The largest absolute Gasteiger partial charge is 0.363 e. The van der Waals surface area contributed by atoms with E-state index in [1.165, 1.54) is 5.00 Å². The van der Waals surface area contributed by atoms with Crippen molar-refractivity contribution in [1.82, 2.24) is 20.4 Å². The molecule has 0 aliphatic carbocycles. The summed E-state index contributed by atoms with van der Waals surface area (Å²) in [5.74, 6) is 1.13. The summed E-state index contributed by atoms with van der Waals surface area (Å²) in [4.78, 5) is 23.2. The molecule has 1 aromatic heterocycles. The van der Waals surface area contributed by atoms with E-state index in [2.05, 4.69) is 42.9 Å². The number of likely N-dealkylation sites (N-methyl/N-ethyl adjacent to an activating group) is 1. The number of hydrogen-bond acceptors (Lipinski definition) is 5. The maximum atomic E-state index is 12.3. The van der Waals surface area contributed by atoms with Crippen LogP contribution in [-0.2, 0) is 4.79 Å². The maximum absolute atomic E-state index is 12.3. The third-order valence-electron chi connectivity index (χ3n) is 5.88. The van der Waals surface area contributed by atoms with Gasteiger partial charge in [-0.3, -0.25) is 14.7 Å². The van der Waals surface area contributed by atoms with Crippen molar-refractivity contribution in [3.63, 3.8) is 0 Å². The second kappa shape index (κ2) is 10.8. The van der Waals surface area contributed by atoms with Gasteiger partial charge in [0.15, 0.2) is 5.96 Å². The Morgan fingerprint density at radius 1 is 1.28 bits per heavy atom. The van der Waals surface area contributed by atoms with E-state index in [1.54, 1.807) is 4.90 Å². The number of nitrogens with zero attached hydrogens (tertiary/aromatic N) is 4. The molecule has 1 unspecified atom stereocenters. The zero-order chi connectivity index (χ0) is 20.6. The Kier molecular flexibility index (Phi) is 8.18. The van der Waals surface area contributed by atoms with Gasteiger partial charge in [0.25, 0.3) is 0 Å². The van der Waals surface area contributed by atoms with Crippen LogP contribution in [0.15, 0.2) is 22.5 Å². The molecule has 8 heteroatoms. The standard InChI is InChI=1S/C21H36N6OS/c1-22-21(24-17-9-14-27(15-10-17)19-8-5-16-29-19)23-11-6-13-26-12-4-7-18(26)20(28)25(2)3/h5,8,16-18H,4,6-7,9-15H2,1-3H3,(H2,22,23,24). The highest BCUT2D eigenvalue weighted by Crippen LogP contribution is 2.24. The number of aliphatic imine (C=N–C) groups is 1. The number of guanidine groups is 1. The average molecular weight is 421 g/mol. The fourth-order valence-corrected chi connectivity index (χ4v) is 5.03. The summed E-state index contributed by atoms with van der Waals surface area (Å²) in [7, 11) is 5.53. The van der Waals surface area contributed by atoms with Gasteiger partial charge in [0.05, 0.1) is 11.0 Å². The van der Waals surface area contributed by atoms with E-state index < -0.39 is 0 Å². The molecular weight excluding hydrogens is 384 g/mol. The van der Waals surface area contributed by atoms with E-state index in [1.807, 2.05) is 32.5 Å². The van der Waals surface area contributed by atoms with E-state index >= 15 is 0 Å². The number of carbonyl (C=O) groups is 1. The molecule has 0 spiro atoms. The average Bonchev–Trinajstić information content (AvgIpc) is 3.42. The first-order valence-electron chi connectivity index (χ1n) is 10.8. The van der Waals surface area contributed by atoms with Gasteiger partial charge in [-0.05, 0) is 56.2 Å². The normalized spacial score (nSPS) is 21.4. The predicted molar refractivity (Wildman–Crippen MR) is 122 cm³/mol. The SMILES string of the molecule is CN=C(NCCCN1CCCC1C(=O)N(C)C)NC1CCN(c2cccs2)CC1. The number of piperidine rings is 1. The molecule has 0 aromatic carbocycles. The lowest BCUT2D eigenvalue weighted by molar-refractivity contribution is -0.133. The lowest BCUT2D eigenvalue weighted by atomic mass is 10.1. The molecule has 2 fully saturated rings. The number of carbonyl (C=O) groups excluding carboxylic acids is 1. The van der Waals surface area contributed by atoms with Crippen molar-refractivity contribution in [2.24, 2.45) is 4.99 Å². The molecular formula is C21H36N6OS. The van der Waals surface area contributed by atoms with Crippen LogP contribution in [0, 0.1) is 0 Å². The van der Waals surface area contributed by atoms with Crippen LogP contribution >= 0.6 is 11.3 Å². The van der Waals surface area contributed by atoms with Crippen molar-refractivity contribution in [2.45, 2.75) is 44.2 Å². The minimum Gasteiger partial charge on any atom is -0.363 e. The van der Waals surface area contributed by atoms with Crippen molar-refractivity contribution in [1.29, 1.82) is 0 Å². The second-order valence-corrected chi connectivity index (χ2v) is 9.06. The molecule has 0 radical (unpaired) electrons. The molecule has 2 N–H and O–H groups in total. The lowest BCUT2D eigenvalue weighted by Gasteiger charge is -2.33. The summed E-state index contributed by atoms with van der Waals surface area (Å²) in [6, 6.07) is 4.86. The minimum absolute atomic E-state index is 0.0657. The summed E-state index contributed by atoms with van der Waals surface area (Å²) < 4.78 is 0. The van der Waals surface area contributed by atoms with Gasteiger partial charge < -0.3 is 20.4 Å². The van der Waals surface area contributed by atoms with Crippen molar-refractivity contribution in [3.8, 4) is 0 Å². The van der Waals surface area contributed by atoms with E-state index in [0.29, 0.717) is 6.04 Å². The Morgan fingerprint density at radius 3 is 2.72 bits per heavy atom. The molecule has 1 amide bonds. The highest BCUT2D eigenvalue weighted by Gasteiger charge is 2.31. The van der Waals surface area contributed by atoms with E-state index in [9.17, 15) is 4.79 Å². The number of likely N-dealkylation sites (tertiary alicyclic amines) is 1. The fraction of sp³-hybridized carbons (Fsp3) is 0.714. The number of hydrogen-bond donors (Lipinski definition) is 2. The molecule has 7 nitrogen and oxygen atoms in total. The van der Waals surface area contributed by atoms with Crippen molar-refractivity contribution in [2.75, 3.05) is 58.8 Å². The highest BCUT2D eigenvalue weighted by molar-refractivity contribution is 7.14. The molecule has 162 valence electrons. The molecule has 3 rings (SSSR count). The zero-order valence-corrected chi connectivity index (χ0v) is 18.9. The van der Waals surface area contributed by atoms with Gasteiger partial charge in [0.1, 0.15) is 0 Å². The van der Waals surface area contributed by atoms with Crippen molar-refractivity contribution in [3.05, 3.63) is 17.5 Å². The summed E-state index contributed by atoms with van der Waals surface area (Å²) in [6.45, 7) is 5.03. The maximum Gasteiger partial charge on any atom is 0.239 e. The molecule has 29 heavy (non-hydrogen) atoms. The smallest absolute Gasteiger partial charge is 0.239 e. The van der Waals surface area contributed by atoms with Crippen LogP contribution in [0.3, 0.4) is 0 Å². The molecule has 2 saturated heterocycles. The first-order chi connectivity index (χ1) is 14.1. The first-order valence-corrected chi connectivity index (χ1v) is 11.7. The van der Waals surface area contributed by atoms with Gasteiger partial charge >= 0.3 is 0 Å². The summed E-state index contributed by atoms with van der Waals surface area (Å²) in [5, 5.41) is 10.6. The second-order valence-electron chi connectivity index (χ2n) is 8.14. The van der Waals surface area contributed by atoms with E-state index in [4.69, 9.17) is 0 Å². The van der Waals surface area contributed by atoms with Crippen LogP contribution in [0.5, 0.6) is 0 Å². The van der Waals surface area contributed by atoms with Crippen molar-refractivity contribution < 1.29 is 4.79 Å². The summed E-state index contributed by atoms with van der Waals surface area (Å²) in [6.07, 6.45) is 5.36. The molecule has 0 bridgehead atoms. The highest BCUT2D eigenvalue weighted by atomic mass is 32.1. The molecule has 0 saturated carbocycles. The van der Waals surface area contributed by atoms with Crippen LogP contribution in [0.4, 0.5) is 5.00 Å². The molecule has 2 aliphatic heterocycles. The Balaban J connectivity index is 1.34. The van der Waals surface area contributed by atoms with Crippen LogP contribution in [0.1, 0.15) is 32.1 Å². The van der Waals surface area contributed by atoms with Crippen LogP contribution in [0.25, 0.3) is 0 Å². The van der Waals surface area contributed by atoms with Gasteiger partial charge in [0, 0.05) is 53.4 Å². The van der Waals surface area contributed by atoms with Gasteiger partial charge in [-0.2, -0.15) is 0 Å². The zero-order valence-electron chi connectivity index (χ0n) is 18.1. The summed E-state index contributed by atoms with van der Waals surface area (Å²) in [5.41, 5.74) is 0. The molecule has 1 atom stereocenters. The minimum atomic E-state index is 0.0657. The molecule has 1 aromatic rings. The number of rotatable bonds is 7. The Bertz CT molecular complexity index is 654. The fourth-order valence-electron chi connectivity index (χ4n) is 4.24. The monoisotopic (exact) mass is 420 g/mol. The number of thiophene rings is 1. The van der Waals surface area contributed by atoms with Gasteiger partial charge in [-0.15, -0.1) is 11.3 Å². The van der Waals surface area contributed by atoms with Gasteiger partial charge in [-0.25, -0.2) is 0 Å². The van der Waals surface area contributed by atoms with Crippen LogP contribution in [-0.4, -0.2) is 87.6 Å². The third-order valence-corrected chi connectivity index (χ3v) is 6.81. The van der Waals surface area contributed by atoms with E-state index in [0.717, 1.165) is 70.8 Å². The molecule has 3 heterocycles. The molecule has 2 aliphatic rings. The first kappa shape index (κ1) is 21.9. The van der Waals surface area contributed by atoms with Crippen LogP contribution in [0.2, 0.25) is 0 Å². The quantitative estimate of drug-likeness (QED) is 0.400. The van der Waals surface area contributed by atoms with E-state index in [-0.39, 0.29) is 11.9 Å². The Labute approximate surface area is 179 Å². The number of amides is 1. The Hall–Kier alpha value is -1.80. The lowest BCUT2D eigenvalue weighted by Crippen LogP contribution is -2.49. The number of nitrogens with one attached hydrogen (secondary N) is 2. The Morgan fingerprint density at radius 2 is 2.07 bits per heavy atom.